The second-order valence-corrected chi connectivity index (χ2v) is 8.42. The van der Waals surface area contributed by atoms with Crippen LogP contribution in [-0.2, 0) is 28.8 Å². The van der Waals surface area contributed by atoms with Gasteiger partial charge < -0.3 is 29.7 Å². The van der Waals surface area contributed by atoms with Gasteiger partial charge in [-0.2, -0.15) is 0 Å². The standard InChI is InChI=1S/3C8H14O3.Al/c3*1-3-6(2)4-7(9)5-8(10)11;/h3*6H,3-5H2,1-2H3,(H,10,11);/q;;;+3/p-3. The van der Waals surface area contributed by atoms with Crippen molar-refractivity contribution in [1.29, 1.82) is 0 Å². The summed E-state index contributed by atoms with van der Waals surface area (Å²) >= 11 is 0. The summed E-state index contributed by atoms with van der Waals surface area (Å²) in [5, 5.41) is 29.8. The molecule has 0 aromatic rings. The summed E-state index contributed by atoms with van der Waals surface area (Å²) in [5.74, 6) is -3.71. The van der Waals surface area contributed by atoms with Gasteiger partial charge in [-0.25, -0.2) is 0 Å². The molecule has 0 N–H and O–H groups in total. The fraction of sp³-hybridized carbons (Fsp3) is 0.750. The third kappa shape index (κ3) is 32.1. The Morgan fingerprint density at radius 2 is 0.676 bits per heavy atom. The summed E-state index contributed by atoms with van der Waals surface area (Å²) < 4.78 is 0. The van der Waals surface area contributed by atoms with Crippen LogP contribution >= 0.6 is 0 Å². The molecule has 10 heteroatoms. The summed E-state index contributed by atoms with van der Waals surface area (Å²) in [6.07, 6.45) is 2.44. The Labute approximate surface area is 213 Å². The molecule has 0 saturated heterocycles. The van der Waals surface area contributed by atoms with Crippen LogP contribution in [0.1, 0.15) is 99.3 Å². The van der Waals surface area contributed by atoms with Crippen LogP contribution in [0.5, 0.6) is 0 Å². The van der Waals surface area contributed by atoms with Crippen LogP contribution in [0.4, 0.5) is 0 Å². The van der Waals surface area contributed by atoms with Gasteiger partial charge in [0.1, 0.15) is 17.3 Å². The van der Waals surface area contributed by atoms with E-state index in [1.54, 1.807) is 0 Å². The van der Waals surface area contributed by atoms with Crippen molar-refractivity contribution >= 4 is 52.6 Å². The fourth-order valence-corrected chi connectivity index (χ4v) is 2.30. The Hall–Kier alpha value is -2.05. The number of hydrogen-bond acceptors (Lipinski definition) is 9. The first-order chi connectivity index (χ1) is 15.2. The number of carbonyl (C=O) groups excluding carboxylic acids is 6. The predicted molar refractivity (Wildman–Crippen MR) is 122 cm³/mol. The van der Waals surface area contributed by atoms with E-state index in [0.29, 0.717) is 19.3 Å². The van der Waals surface area contributed by atoms with Crippen LogP contribution in [0, 0.1) is 17.8 Å². The number of carbonyl (C=O) groups is 6. The van der Waals surface area contributed by atoms with Gasteiger partial charge in [0.2, 0.25) is 0 Å². The first kappa shape index (κ1) is 39.2. The molecule has 0 aliphatic carbocycles. The molecule has 9 nitrogen and oxygen atoms in total. The van der Waals surface area contributed by atoms with Crippen LogP contribution in [-0.4, -0.2) is 52.6 Å². The second-order valence-electron chi connectivity index (χ2n) is 8.42. The molecule has 3 atom stereocenters. The average Bonchev–Trinajstić information content (AvgIpc) is 2.66. The smallest absolute Gasteiger partial charge is 0.550 e. The summed E-state index contributed by atoms with van der Waals surface area (Å²) in [7, 11) is 0. The van der Waals surface area contributed by atoms with E-state index in [2.05, 4.69) is 0 Å². The van der Waals surface area contributed by atoms with Gasteiger partial charge in [0.05, 0.1) is 0 Å². The third-order valence-electron chi connectivity index (χ3n) is 4.84. The zero-order chi connectivity index (χ0) is 26.6. The molecule has 0 aromatic carbocycles. The molecule has 0 aliphatic heterocycles. The summed E-state index contributed by atoms with van der Waals surface area (Å²) in [6.45, 7) is 11.7. The number of hydrogen-bond donors (Lipinski definition) is 0. The molecule has 34 heavy (non-hydrogen) atoms. The van der Waals surface area contributed by atoms with Gasteiger partial charge in [-0.1, -0.05) is 60.8 Å². The van der Waals surface area contributed by atoms with E-state index < -0.39 is 37.2 Å². The molecule has 192 valence electrons. The van der Waals surface area contributed by atoms with Gasteiger partial charge in [0, 0.05) is 56.4 Å². The van der Waals surface area contributed by atoms with Crippen LogP contribution in [0.25, 0.3) is 0 Å². The normalized spacial score (nSPS) is 12.2. The number of Topliss-reactive ketones (excluding diaryl/α,β-unsaturated/α-hetero) is 3. The number of carboxylic acids is 3. The maximum Gasteiger partial charge on any atom is 3.00 e. The van der Waals surface area contributed by atoms with Crippen molar-refractivity contribution in [2.45, 2.75) is 99.3 Å². The minimum Gasteiger partial charge on any atom is -0.550 e. The van der Waals surface area contributed by atoms with Gasteiger partial charge in [-0.05, 0) is 17.8 Å². The molecular formula is C24H39AlO9. The molecule has 0 heterocycles. The number of rotatable bonds is 15. The minimum absolute atomic E-state index is 0. The van der Waals surface area contributed by atoms with Crippen molar-refractivity contribution in [2.24, 2.45) is 17.8 Å². The average molecular weight is 499 g/mol. The molecule has 0 fully saturated rings. The van der Waals surface area contributed by atoms with Gasteiger partial charge in [-0.3, -0.25) is 14.4 Å². The zero-order valence-electron chi connectivity index (χ0n) is 21.3. The molecule has 0 amide bonds. The van der Waals surface area contributed by atoms with Gasteiger partial charge >= 0.3 is 17.4 Å². The molecule has 0 radical (unpaired) electrons. The minimum atomic E-state index is -1.28. The summed E-state index contributed by atoms with van der Waals surface area (Å²) in [4.78, 5) is 62.2. The van der Waals surface area contributed by atoms with Crippen LogP contribution < -0.4 is 15.3 Å². The monoisotopic (exact) mass is 498 g/mol. The molecule has 0 aliphatic rings. The van der Waals surface area contributed by atoms with Crippen LogP contribution in [0.15, 0.2) is 0 Å². The van der Waals surface area contributed by atoms with E-state index in [0.717, 1.165) is 19.3 Å². The number of carboxylic acid groups (broad SMARTS) is 3. The largest absolute Gasteiger partial charge is 3.00 e. The van der Waals surface area contributed by atoms with E-state index in [9.17, 15) is 44.1 Å². The van der Waals surface area contributed by atoms with Crippen molar-refractivity contribution in [1.82, 2.24) is 0 Å². The molecule has 0 saturated carbocycles. The van der Waals surface area contributed by atoms with E-state index in [4.69, 9.17) is 0 Å². The summed E-state index contributed by atoms with van der Waals surface area (Å²) in [6, 6.07) is 0. The fourth-order valence-electron chi connectivity index (χ4n) is 2.30. The van der Waals surface area contributed by atoms with Crippen molar-refractivity contribution < 1.29 is 44.1 Å². The SMILES string of the molecule is CCC(C)CC(=O)CC(=O)[O-].CCC(C)CC(=O)CC(=O)[O-].CCC(C)CC(=O)CC(=O)[O-].[Al+3]. The zero-order valence-corrected chi connectivity index (χ0v) is 22.5. The molecule has 0 rings (SSSR count). The van der Waals surface area contributed by atoms with Crippen molar-refractivity contribution in [3.63, 3.8) is 0 Å². The maximum absolute atomic E-state index is 10.8. The van der Waals surface area contributed by atoms with Gasteiger partial charge in [0.25, 0.3) is 0 Å². The second kappa shape index (κ2) is 24.1. The van der Waals surface area contributed by atoms with Crippen LogP contribution in [0.2, 0.25) is 0 Å². The Kier molecular flexibility index (Phi) is 27.8. The Balaban J connectivity index is -0.000000196. The predicted octanol–water partition coefficient (Wildman–Crippen LogP) is 0.0143. The molecular weight excluding hydrogens is 459 g/mol. The molecule has 0 aromatic heterocycles. The van der Waals surface area contributed by atoms with Gasteiger partial charge in [-0.15, -0.1) is 0 Å². The quantitative estimate of drug-likeness (QED) is 0.223. The van der Waals surface area contributed by atoms with E-state index in [1.807, 2.05) is 41.5 Å². The number of ketones is 3. The van der Waals surface area contributed by atoms with Crippen LogP contribution in [0.3, 0.4) is 0 Å². The van der Waals surface area contributed by atoms with Gasteiger partial charge in [0.15, 0.2) is 0 Å². The summed E-state index contributed by atoms with van der Waals surface area (Å²) in [5.41, 5.74) is 0. The van der Waals surface area contributed by atoms with Crippen molar-refractivity contribution in [3.8, 4) is 0 Å². The third-order valence-corrected chi connectivity index (χ3v) is 4.84. The van der Waals surface area contributed by atoms with E-state index in [1.165, 1.54) is 0 Å². The Morgan fingerprint density at radius 3 is 0.794 bits per heavy atom. The van der Waals surface area contributed by atoms with E-state index >= 15 is 0 Å². The molecule has 0 bridgehead atoms. The first-order valence-corrected chi connectivity index (χ1v) is 11.3. The Bertz CT molecular complexity index is 546. The molecule has 3 unspecified atom stereocenters. The maximum atomic E-state index is 10.8. The number of aliphatic carboxylic acids is 3. The Morgan fingerprint density at radius 1 is 0.500 bits per heavy atom. The first-order valence-electron chi connectivity index (χ1n) is 11.3. The topological polar surface area (TPSA) is 172 Å². The van der Waals surface area contributed by atoms with Crippen molar-refractivity contribution in [3.05, 3.63) is 0 Å². The molecule has 0 spiro atoms. The van der Waals surface area contributed by atoms with Crippen molar-refractivity contribution in [2.75, 3.05) is 0 Å². The van der Waals surface area contributed by atoms with E-state index in [-0.39, 0.29) is 52.5 Å².